The summed E-state index contributed by atoms with van der Waals surface area (Å²) in [6.45, 7) is 15.3. The molecule has 0 saturated heterocycles. The smallest absolute Gasteiger partial charge is 0.341 e. The molecule has 1 aliphatic rings. The minimum atomic E-state index is -0.734. The predicted molar refractivity (Wildman–Crippen MR) is 112 cm³/mol. The van der Waals surface area contributed by atoms with Gasteiger partial charge in [0.25, 0.3) is 0 Å². The van der Waals surface area contributed by atoms with Crippen molar-refractivity contribution in [2.75, 3.05) is 0 Å². The Morgan fingerprint density at radius 2 is 1.86 bits per heavy atom. The Hall–Kier alpha value is -2.17. The highest BCUT2D eigenvalue weighted by atomic mass is 19.1. The van der Waals surface area contributed by atoms with Gasteiger partial charge in [-0.15, -0.1) is 0 Å². The molecular formula is C24H33FO4. The lowest BCUT2D eigenvalue weighted by Gasteiger charge is -2.36. The third-order valence-electron chi connectivity index (χ3n) is 5.40. The maximum atomic E-state index is 14.7. The van der Waals surface area contributed by atoms with Gasteiger partial charge in [-0.05, 0) is 69.1 Å². The molecule has 4 nitrogen and oxygen atoms in total. The van der Waals surface area contributed by atoms with Gasteiger partial charge in [0, 0.05) is 0 Å². The molecule has 0 bridgehead atoms. The van der Waals surface area contributed by atoms with Crippen LogP contribution in [0.5, 0.6) is 0 Å². The lowest BCUT2D eigenvalue weighted by molar-refractivity contribution is -0.147. The minimum Gasteiger partial charge on any atom is -0.458 e. The monoisotopic (exact) mass is 404 g/mol. The first kappa shape index (κ1) is 23.1. The first-order chi connectivity index (χ1) is 13.4. The normalized spacial score (nSPS) is 22.3. The van der Waals surface area contributed by atoms with Crippen LogP contribution in [0.1, 0.15) is 76.7 Å². The average molecular weight is 405 g/mol. The number of halogens is 1. The second-order valence-electron chi connectivity index (χ2n) is 9.44. The lowest BCUT2D eigenvalue weighted by atomic mass is 9.75. The van der Waals surface area contributed by atoms with Crippen LogP contribution in [-0.2, 0) is 14.3 Å². The van der Waals surface area contributed by atoms with Crippen LogP contribution in [0.3, 0.4) is 0 Å². The average Bonchev–Trinajstić information content (AvgIpc) is 2.59. The summed E-state index contributed by atoms with van der Waals surface area (Å²) in [6.07, 6.45) is 2.71. The molecule has 5 heteroatoms. The summed E-state index contributed by atoms with van der Waals surface area (Å²) in [5, 5.41) is 0. The Balaban J connectivity index is 2.14. The van der Waals surface area contributed by atoms with E-state index in [9.17, 15) is 14.0 Å². The van der Waals surface area contributed by atoms with Crippen molar-refractivity contribution < 1.29 is 23.5 Å². The number of hydrogen-bond acceptors (Lipinski definition) is 4. The highest BCUT2D eigenvalue weighted by molar-refractivity contribution is 6.15. The number of hydrogen-bond donors (Lipinski definition) is 0. The van der Waals surface area contributed by atoms with E-state index in [4.69, 9.17) is 9.47 Å². The van der Waals surface area contributed by atoms with Gasteiger partial charge in [-0.2, -0.15) is 0 Å². The summed E-state index contributed by atoms with van der Waals surface area (Å²) in [7, 11) is 0. The van der Waals surface area contributed by atoms with Crippen LogP contribution < -0.4 is 0 Å². The standard InChI is InChI=1S/C24H33FO4/c1-14(2)18-10-8-15(3)12-21(18)28-23(27)19-11-9-17(13-20(19)25)16(4)22(26)29-24(5,6)7/h9,11,13-15,18,21H,4,8,10,12H2,1-3,5-7H3/t15-,18?,21-/m0/s1. The minimum absolute atomic E-state index is 0.0414. The van der Waals surface area contributed by atoms with Crippen molar-refractivity contribution in [3.63, 3.8) is 0 Å². The van der Waals surface area contributed by atoms with Crippen molar-refractivity contribution in [2.45, 2.75) is 72.5 Å². The second kappa shape index (κ2) is 9.10. The fourth-order valence-corrected chi connectivity index (χ4v) is 3.78. The van der Waals surface area contributed by atoms with E-state index >= 15 is 0 Å². The zero-order valence-corrected chi connectivity index (χ0v) is 18.4. The third kappa shape index (κ3) is 6.15. The van der Waals surface area contributed by atoms with E-state index in [1.807, 2.05) is 0 Å². The summed E-state index contributed by atoms with van der Waals surface area (Å²) in [5.74, 6) is -0.867. The van der Waals surface area contributed by atoms with Gasteiger partial charge < -0.3 is 9.47 Å². The van der Waals surface area contributed by atoms with Gasteiger partial charge >= 0.3 is 11.9 Å². The number of benzene rings is 1. The van der Waals surface area contributed by atoms with Crippen LogP contribution >= 0.6 is 0 Å². The number of ether oxygens (including phenoxy) is 2. The van der Waals surface area contributed by atoms with E-state index < -0.39 is 23.4 Å². The molecule has 1 saturated carbocycles. The molecule has 1 unspecified atom stereocenters. The van der Waals surface area contributed by atoms with E-state index in [1.54, 1.807) is 20.8 Å². The van der Waals surface area contributed by atoms with Crippen molar-refractivity contribution >= 4 is 17.5 Å². The fourth-order valence-electron chi connectivity index (χ4n) is 3.78. The molecule has 0 spiro atoms. The number of rotatable bonds is 5. The van der Waals surface area contributed by atoms with Gasteiger partial charge in [0.2, 0.25) is 0 Å². The largest absolute Gasteiger partial charge is 0.458 e. The molecule has 0 heterocycles. The molecular weight excluding hydrogens is 371 g/mol. The fraction of sp³-hybridized carbons (Fsp3) is 0.583. The molecule has 0 aromatic heterocycles. The summed E-state index contributed by atoms with van der Waals surface area (Å²) >= 11 is 0. The van der Waals surface area contributed by atoms with Gasteiger partial charge in [0.1, 0.15) is 17.5 Å². The molecule has 3 atom stereocenters. The Labute approximate surface area is 173 Å². The van der Waals surface area contributed by atoms with Crippen molar-refractivity contribution in [3.8, 4) is 0 Å². The van der Waals surface area contributed by atoms with Crippen LogP contribution in [0.2, 0.25) is 0 Å². The van der Waals surface area contributed by atoms with E-state index in [0.717, 1.165) is 25.3 Å². The molecule has 2 rings (SSSR count). The highest BCUT2D eigenvalue weighted by Gasteiger charge is 2.34. The van der Waals surface area contributed by atoms with Gasteiger partial charge in [-0.1, -0.05) is 39.8 Å². The topological polar surface area (TPSA) is 52.6 Å². The van der Waals surface area contributed by atoms with Crippen LogP contribution in [-0.4, -0.2) is 23.6 Å². The first-order valence-corrected chi connectivity index (χ1v) is 10.3. The zero-order chi connectivity index (χ0) is 21.9. The molecule has 29 heavy (non-hydrogen) atoms. The summed E-state index contributed by atoms with van der Waals surface area (Å²) < 4.78 is 25.6. The molecule has 1 aromatic carbocycles. The SMILES string of the molecule is C=C(C(=O)OC(C)(C)C)c1ccc(C(=O)O[C@H]2C[C@@H](C)CCC2C(C)C)c(F)c1. The van der Waals surface area contributed by atoms with E-state index in [-0.39, 0.29) is 28.7 Å². The van der Waals surface area contributed by atoms with E-state index in [2.05, 4.69) is 27.4 Å². The lowest BCUT2D eigenvalue weighted by Crippen LogP contribution is -2.36. The van der Waals surface area contributed by atoms with E-state index in [0.29, 0.717) is 11.8 Å². The Morgan fingerprint density at radius 1 is 1.21 bits per heavy atom. The number of esters is 2. The summed E-state index contributed by atoms with van der Waals surface area (Å²) in [4.78, 5) is 24.8. The van der Waals surface area contributed by atoms with Crippen LogP contribution in [0.15, 0.2) is 24.8 Å². The first-order valence-electron chi connectivity index (χ1n) is 10.3. The Bertz CT molecular complexity index is 776. The molecule has 0 N–H and O–H groups in total. The second-order valence-corrected chi connectivity index (χ2v) is 9.44. The quantitative estimate of drug-likeness (QED) is 0.460. The van der Waals surface area contributed by atoms with Crippen molar-refractivity contribution in [2.24, 2.45) is 17.8 Å². The van der Waals surface area contributed by atoms with Crippen molar-refractivity contribution in [1.29, 1.82) is 0 Å². The maximum absolute atomic E-state index is 14.7. The highest BCUT2D eigenvalue weighted by Crippen LogP contribution is 2.36. The molecule has 160 valence electrons. The third-order valence-corrected chi connectivity index (χ3v) is 5.40. The van der Waals surface area contributed by atoms with E-state index in [1.165, 1.54) is 12.1 Å². The van der Waals surface area contributed by atoms with Crippen LogP contribution in [0.25, 0.3) is 5.57 Å². The Morgan fingerprint density at radius 3 is 2.41 bits per heavy atom. The molecule has 0 amide bonds. The predicted octanol–water partition coefficient (Wildman–Crippen LogP) is 5.80. The molecule has 1 fully saturated rings. The molecule has 1 aromatic rings. The van der Waals surface area contributed by atoms with Gasteiger partial charge in [0.15, 0.2) is 0 Å². The molecule has 0 aliphatic heterocycles. The van der Waals surface area contributed by atoms with Gasteiger partial charge in [-0.25, -0.2) is 14.0 Å². The van der Waals surface area contributed by atoms with Crippen molar-refractivity contribution in [3.05, 3.63) is 41.7 Å². The number of carbonyl (C=O) groups excluding carboxylic acids is 2. The summed E-state index contributed by atoms with van der Waals surface area (Å²) in [5.41, 5.74) is -0.488. The molecule has 1 aliphatic carbocycles. The number of carbonyl (C=O) groups is 2. The summed E-state index contributed by atoms with van der Waals surface area (Å²) in [6, 6.07) is 3.97. The van der Waals surface area contributed by atoms with Gasteiger partial charge in [0.05, 0.1) is 11.1 Å². The zero-order valence-electron chi connectivity index (χ0n) is 18.4. The van der Waals surface area contributed by atoms with Crippen LogP contribution in [0, 0.1) is 23.6 Å². The molecule has 0 radical (unpaired) electrons. The van der Waals surface area contributed by atoms with Crippen molar-refractivity contribution in [1.82, 2.24) is 0 Å². The Kier molecular flexibility index (Phi) is 7.25. The van der Waals surface area contributed by atoms with Crippen LogP contribution in [0.4, 0.5) is 4.39 Å². The maximum Gasteiger partial charge on any atom is 0.341 e. The van der Waals surface area contributed by atoms with Gasteiger partial charge in [-0.3, -0.25) is 0 Å².